The molecule has 2 aromatic heterocycles. The average molecular weight is 320 g/mol. The van der Waals surface area contributed by atoms with Gasteiger partial charge in [0.15, 0.2) is 18.2 Å². The lowest BCUT2D eigenvalue weighted by atomic mass is 10.3. The van der Waals surface area contributed by atoms with E-state index < -0.39 is 0 Å². The molecule has 0 aromatic carbocycles. The molecule has 0 aliphatic carbocycles. The predicted molar refractivity (Wildman–Crippen MR) is 72.9 cm³/mol. The van der Waals surface area contributed by atoms with Crippen molar-refractivity contribution in [3.63, 3.8) is 0 Å². The number of pyridine rings is 2. The first-order chi connectivity index (χ1) is 9.24. The molecule has 3 rings (SSSR count). The van der Waals surface area contributed by atoms with Gasteiger partial charge in [-0.3, -0.25) is 14.7 Å². The highest BCUT2D eigenvalue weighted by Crippen LogP contribution is 2.32. The van der Waals surface area contributed by atoms with Crippen LogP contribution in [0.15, 0.2) is 41.1 Å². The molecule has 6 heteroatoms. The monoisotopic (exact) mass is 319 g/mol. The average Bonchev–Trinajstić information content (AvgIpc) is 2.43. The summed E-state index contributed by atoms with van der Waals surface area (Å²) in [5, 5.41) is 0. The van der Waals surface area contributed by atoms with Gasteiger partial charge in [0.2, 0.25) is 0 Å². The number of hydrogen-bond donors (Lipinski definition) is 0. The third kappa shape index (κ3) is 2.44. The van der Waals surface area contributed by atoms with Gasteiger partial charge in [0.25, 0.3) is 5.91 Å². The van der Waals surface area contributed by atoms with Gasteiger partial charge in [-0.05, 0) is 40.2 Å². The van der Waals surface area contributed by atoms with E-state index in [9.17, 15) is 4.79 Å². The Morgan fingerprint density at radius 2 is 2.21 bits per heavy atom. The minimum atomic E-state index is -0.122. The maximum atomic E-state index is 12.0. The summed E-state index contributed by atoms with van der Waals surface area (Å²) < 4.78 is 6.03. The number of carbonyl (C=O) groups excluding carboxylic acids is 1. The topological polar surface area (TPSA) is 55.3 Å². The molecular formula is C13H10BrN3O2. The van der Waals surface area contributed by atoms with Crippen LogP contribution in [0.5, 0.6) is 5.75 Å². The van der Waals surface area contributed by atoms with Gasteiger partial charge < -0.3 is 4.74 Å². The number of ether oxygens (including phenoxy) is 1. The first kappa shape index (κ1) is 12.1. The smallest absolute Gasteiger partial charge is 0.266 e. The van der Waals surface area contributed by atoms with E-state index in [-0.39, 0.29) is 12.5 Å². The number of rotatable bonds is 2. The van der Waals surface area contributed by atoms with Crippen molar-refractivity contribution in [3.8, 4) is 5.75 Å². The second kappa shape index (κ2) is 4.97. The van der Waals surface area contributed by atoms with Crippen LogP contribution < -0.4 is 9.64 Å². The van der Waals surface area contributed by atoms with E-state index in [1.165, 1.54) is 0 Å². The van der Waals surface area contributed by atoms with Gasteiger partial charge in [0.05, 0.1) is 12.2 Å². The lowest BCUT2D eigenvalue weighted by Crippen LogP contribution is -2.39. The van der Waals surface area contributed by atoms with Crippen LogP contribution in [-0.2, 0) is 11.3 Å². The van der Waals surface area contributed by atoms with E-state index in [2.05, 4.69) is 25.9 Å². The molecule has 96 valence electrons. The third-order valence-corrected chi connectivity index (χ3v) is 3.20. The number of fused-ring (bicyclic) bond motifs is 1. The molecule has 0 N–H and O–H groups in total. The Morgan fingerprint density at radius 3 is 3.00 bits per heavy atom. The van der Waals surface area contributed by atoms with Crippen molar-refractivity contribution in [1.82, 2.24) is 9.97 Å². The van der Waals surface area contributed by atoms with Crippen molar-refractivity contribution in [2.24, 2.45) is 0 Å². The molecule has 0 fully saturated rings. The largest absolute Gasteiger partial charge is 0.480 e. The Labute approximate surface area is 118 Å². The molecule has 0 atom stereocenters. The fourth-order valence-corrected chi connectivity index (χ4v) is 2.17. The SMILES string of the molecule is O=C1COc2ccc(Br)nc2N1Cc1ccccn1. The molecule has 0 saturated heterocycles. The minimum Gasteiger partial charge on any atom is -0.480 e. The Balaban J connectivity index is 1.97. The molecule has 19 heavy (non-hydrogen) atoms. The van der Waals surface area contributed by atoms with Gasteiger partial charge in [-0.2, -0.15) is 0 Å². The van der Waals surface area contributed by atoms with Gasteiger partial charge in [-0.1, -0.05) is 6.07 Å². The summed E-state index contributed by atoms with van der Waals surface area (Å²) in [4.78, 5) is 22.1. The van der Waals surface area contributed by atoms with Gasteiger partial charge in [0, 0.05) is 6.20 Å². The second-order valence-corrected chi connectivity index (χ2v) is 4.86. The number of anilines is 1. The van der Waals surface area contributed by atoms with E-state index in [0.717, 1.165) is 5.69 Å². The molecule has 1 amide bonds. The summed E-state index contributed by atoms with van der Waals surface area (Å²) in [5.74, 6) is 1.01. The highest BCUT2D eigenvalue weighted by Gasteiger charge is 2.27. The van der Waals surface area contributed by atoms with Gasteiger partial charge in [-0.25, -0.2) is 4.98 Å². The maximum absolute atomic E-state index is 12.0. The summed E-state index contributed by atoms with van der Waals surface area (Å²) in [6.07, 6.45) is 1.70. The van der Waals surface area contributed by atoms with Crippen molar-refractivity contribution in [2.45, 2.75) is 6.54 Å². The quantitative estimate of drug-likeness (QED) is 0.796. The van der Waals surface area contributed by atoms with Crippen molar-refractivity contribution < 1.29 is 9.53 Å². The fraction of sp³-hybridized carbons (Fsp3) is 0.154. The summed E-state index contributed by atoms with van der Waals surface area (Å²) in [7, 11) is 0. The van der Waals surface area contributed by atoms with E-state index in [0.29, 0.717) is 22.7 Å². The zero-order valence-corrected chi connectivity index (χ0v) is 11.5. The summed E-state index contributed by atoms with van der Waals surface area (Å²) >= 11 is 3.30. The molecule has 0 bridgehead atoms. The molecule has 1 aliphatic heterocycles. The van der Waals surface area contributed by atoms with Gasteiger partial charge in [-0.15, -0.1) is 0 Å². The third-order valence-electron chi connectivity index (χ3n) is 2.76. The van der Waals surface area contributed by atoms with Crippen LogP contribution in [0.3, 0.4) is 0 Å². The van der Waals surface area contributed by atoms with Gasteiger partial charge in [0.1, 0.15) is 4.60 Å². The number of aromatic nitrogens is 2. The second-order valence-electron chi connectivity index (χ2n) is 4.05. The predicted octanol–water partition coefficient (Wildman–Crippen LogP) is 2.16. The standard InChI is InChI=1S/C13H10BrN3O2/c14-11-5-4-10-13(16-11)17(12(18)8-19-10)7-9-3-1-2-6-15-9/h1-6H,7-8H2. The van der Waals surface area contributed by atoms with Crippen LogP contribution in [0.25, 0.3) is 0 Å². The molecular weight excluding hydrogens is 310 g/mol. The molecule has 0 unspecified atom stereocenters. The first-order valence-electron chi connectivity index (χ1n) is 5.73. The fourth-order valence-electron chi connectivity index (χ4n) is 1.87. The first-order valence-corrected chi connectivity index (χ1v) is 6.53. The van der Waals surface area contributed by atoms with Crippen LogP contribution in [0.1, 0.15) is 5.69 Å². The molecule has 3 heterocycles. The Kier molecular flexibility index (Phi) is 3.16. The molecule has 0 radical (unpaired) electrons. The number of halogens is 1. The van der Waals surface area contributed by atoms with E-state index in [1.807, 2.05) is 18.2 Å². The Bertz CT molecular complexity index is 619. The van der Waals surface area contributed by atoms with Crippen LogP contribution in [0.4, 0.5) is 5.82 Å². The molecule has 0 saturated carbocycles. The van der Waals surface area contributed by atoms with E-state index in [1.54, 1.807) is 23.2 Å². The number of nitrogens with zero attached hydrogens (tertiary/aromatic N) is 3. The number of carbonyl (C=O) groups is 1. The Morgan fingerprint density at radius 1 is 1.32 bits per heavy atom. The summed E-state index contributed by atoms with van der Waals surface area (Å²) in [6.45, 7) is 0.419. The molecule has 1 aliphatic rings. The maximum Gasteiger partial charge on any atom is 0.266 e. The number of amides is 1. The highest BCUT2D eigenvalue weighted by molar-refractivity contribution is 9.10. The molecule has 2 aromatic rings. The molecule has 5 nitrogen and oxygen atoms in total. The highest BCUT2D eigenvalue weighted by atomic mass is 79.9. The van der Waals surface area contributed by atoms with Gasteiger partial charge >= 0.3 is 0 Å². The lowest BCUT2D eigenvalue weighted by Gasteiger charge is -2.27. The van der Waals surface area contributed by atoms with Crippen LogP contribution in [0.2, 0.25) is 0 Å². The molecule has 0 spiro atoms. The van der Waals surface area contributed by atoms with Crippen molar-refractivity contribution >= 4 is 27.7 Å². The number of hydrogen-bond acceptors (Lipinski definition) is 4. The normalized spacial score (nSPS) is 13.9. The lowest BCUT2D eigenvalue weighted by molar-refractivity contribution is -0.121. The van der Waals surface area contributed by atoms with Crippen LogP contribution in [-0.4, -0.2) is 22.5 Å². The van der Waals surface area contributed by atoms with Crippen molar-refractivity contribution in [1.29, 1.82) is 0 Å². The Hall–Kier alpha value is -1.95. The van der Waals surface area contributed by atoms with Crippen LogP contribution in [0, 0.1) is 0 Å². The van der Waals surface area contributed by atoms with Crippen LogP contribution >= 0.6 is 15.9 Å². The van der Waals surface area contributed by atoms with Crippen molar-refractivity contribution in [2.75, 3.05) is 11.5 Å². The van der Waals surface area contributed by atoms with Crippen molar-refractivity contribution in [3.05, 3.63) is 46.8 Å². The zero-order valence-electron chi connectivity index (χ0n) is 9.91. The summed E-state index contributed by atoms with van der Waals surface area (Å²) in [5.41, 5.74) is 0.811. The van der Waals surface area contributed by atoms with E-state index >= 15 is 0 Å². The minimum absolute atomic E-state index is 0.0309. The zero-order chi connectivity index (χ0) is 13.2. The summed E-state index contributed by atoms with van der Waals surface area (Å²) in [6, 6.07) is 9.19. The van der Waals surface area contributed by atoms with E-state index in [4.69, 9.17) is 4.74 Å².